The molecule has 0 spiro atoms. The van der Waals surface area contributed by atoms with Crippen LogP contribution in [0.15, 0.2) is 48.6 Å². The minimum absolute atomic E-state index is 0.0802. The summed E-state index contributed by atoms with van der Waals surface area (Å²) in [6.07, 6.45) is 47.2. The first-order chi connectivity index (χ1) is 26.6. The van der Waals surface area contributed by atoms with Crippen molar-refractivity contribution in [1.29, 1.82) is 0 Å². The highest BCUT2D eigenvalue weighted by molar-refractivity contribution is 7.47. The van der Waals surface area contributed by atoms with E-state index in [2.05, 4.69) is 62.5 Å². The molecule has 2 atom stereocenters. The first-order valence-corrected chi connectivity index (χ1v) is 23.9. The molecule has 0 aromatic rings. The Bertz CT molecular complexity index is 1020. The van der Waals surface area contributed by atoms with Gasteiger partial charge in [0.05, 0.1) is 34.4 Å². The molecular formula is C46H87NO7P+. The molecule has 55 heavy (non-hydrogen) atoms. The van der Waals surface area contributed by atoms with E-state index in [9.17, 15) is 14.3 Å². The Balaban J connectivity index is 4.26. The molecule has 0 radical (unpaired) electrons. The third-order valence-electron chi connectivity index (χ3n) is 9.40. The molecule has 0 aliphatic heterocycles. The Kier molecular flexibility index (Phi) is 38.2. The number of hydrogen-bond donors (Lipinski definition) is 1. The summed E-state index contributed by atoms with van der Waals surface area (Å²) in [5.74, 6) is -0.353. The van der Waals surface area contributed by atoms with Gasteiger partial charge in [-0.2, -0.15) is 0 Å². The Morgan fingerprint density at radius 3 is 1.55 bits per heavy atom. The number of allylic oxidation sites excluding steroid dienone is 8. The number of ether oxygens (including phenoxy) is 2. The highest BCUT2D eigenvalue weighted by atomic mass is 31.2. The average molecular weight is 797 g/mol. The number of likely N-dealkylation sites (N-methyl/N-ethyl adjacent to an activating group) is 1. The second-order valence-corrected chi connectivity index (χ2v) is 17.5. The Morgan fingerprint density at radius 1 is 0.582 bits per heavy atom. The fraction of sp³-hybridized carbons (Fsp3) is 0.804. The van der Waals surface area contributed by atoms with Crippen molar-refractivity contribution in [3.63, 3.8) is 0 Å². The predicted octanol–water partition coefficient (Wildman–Crippen LogP) is 13.2. The SMILES string of the molecule is CC/C=C\C/C=C\C/C=C\C/C=C\CCCCC(=O)O[C@H](COCCCCCCCCCCCCCCCCCCCC)COP(=O)(O)OCC[N+](C)(C)C. The van der Waals surface area contributed by atoms with E-state index < -0.39 is 13.9 Å². The summed E-state index contributed by atoms with van der Waals surface area (Å²) in [4.78, 5) is 22.9. The maximum Gasteiger partial charge on any atom is 0.472 e. The zero-order valence-electron chi connectivity index (χ0n) is 36.4. The molecule has 0 heterocycles. The van der Waals surface area contributed by atoms with Gasteiger partial charge < -0.3 is 18.9 Å². The van der Waals surface area contributed by atoms with Crippen LogP contribution in [0.5, 0.6) is 0 Å². The molecule has 1 unspecified atom stereocenters. The van der Waals surface area contributed by atoms with Gasteiger partial charge in [-0.3, -0.25) is 13.8 Å². The third kappa shape index (κ3) is 43.4. The monoisotopic (exact) mass is 797 g/mol. The molecule has 322 valence electrons. The van der Waals surface area contributed by atoms with Crippen LogP contribution < -0.4 is 0 Å². The molecule has 9 heteroatoms. The van der Waals surface area contributed by atoms with Crippen molar-refractivity contribution in [2.24, 2.45) is 0 Å². The van der Waals surface area contributed by atoms with Gasteiger partial charge in [0.1, 0.15) is 19.3 Å². The van der Waals surface area contributed by atoms with Gasteiger partial charge in [0.15, 0.2) is 0 Å². The normalized spacial score (nSPS) is 14.2. The highest BCUT2D eigenvalue weighted by Crippen LogP contribution is 2.43. The number of rotatable bonds is 41. The number of unbranched alkanes of at least 4 members (excludes halogenated alkanes) is 19. The lowest BCUT2D eigenvalue weighted by atomic mass is 10.0. The molecule has 0 aliphatic rings. The number of esters is 1. The van der Waals surface area contributed by atoms with Gasteiger partial charge in [-0.1, -0.05) is 172 Å². The fourth-order valence-electron chi connectivity index (χ4n) is 5.96. The lowest BCUT2D eigenvalue weighted by Gasteiger charge is -2.24. The molecular weight excluding hydrogens is 709 g/mol. The summed E-state index contributed by atoms with van der Waals surface area (Å²) in [5, 5.41) is 0. The van der Waals surface area contributed by atoms with Gasteiger partial charge >= 0.3 is 13.8 Å². The van der Waals surface area contributed by atoms with Crippen molar-refractivity contribution < 1.29 is 37.3 Å². The minimum Gasteiger partial charge on any atom is -0.457 e. The molecule has 8 nitrogen and oxygen atoms in total. The molecule has 0 amide bonds. The smallest absolute Gasteiger partial charge is 0.457 e. The second-order valence-electron chi connectivity index (χ2n) is 16.1. The number of nitrogens with zero attached hydrogens (tertiary/aromatic N) is 1. The summed E-state index contributed by atoms with van der Waals surface area (Å²) in [7, 11) is 1.64. The van der Waals surface area contributed by atoms with Crippen LogP contribution in [0.1, 0.15) is 181 Å². The molecule has 0 fully saturated rings. The van der Waals surface area contributed by atoms with E-state index in [1.54, 1.807) is 0 Å². The van der Waals surface area contributed by atoms with Crippen molar-refractivity contribution in [3.05, 3.63) is 48.6 Å². The number of carbonyl (C=O) groups excluding carboxylic acids is 1. The van der Waals surface area contributed by atoms with Crippen molar-refractivity contribution in [3.8, 4) is 0 Å². The maximum absolute atomic E-state index is 12.7. The van der Waals surface area contributed by atoms with Crippen LogP contribution in [-0.4, -0.2) is 75.6 Å². The lowest BCUT2D eigenvalue weighted by Crippen LogP contribution is -2.37. The first-order valence-electron chi connectivity index (χ1n) is 22.4. The standard InChI is InChI=1S/C46H86NO7P/c1-6-8-10-12-14-16-18-20-22-23-24-26-28-30-32-34-36-38-41-51-43-45(44-53-55(49,50)52-42-40-47(3,4)5)54-46(48)39-37-35-33-31-29-27-25-21-19-17-15-13-11-9-7-2/h9,11,15,17,21,25,29,31,45H,6-8,10,12-14,16,18-20,22-24,26-28,30,32-44H2,1-5H3/p+1/b11-9-,17-15-,25-21-,31-29-/t45-/m1/s1. The van der Waals surface area contributed by atoms with Crippen LogP contribution in [0.4, 0.5) is 0 Å². The summed E-state index contributed by atoms with van der Waals surface area (Å²) in [5.41, 5.74) is 0. The van der Waals surface area contributed by atoms with Crippen LogP contribution >= 0.6 is 7.82 Å². The summed E-state index contributed by atoms with van der Waals surface area (Å²) in [6.45, 7) is 5.47. The third-order valence-corrected chi connectivity index (χ3v) is 10.4. The van der Waals surface area contributed by atoms with Crippen molar-refractivity contribution in [2.75, 3.05) is 54.1 Å². The van der Waals surface area contributed by atoms with E-state index in [4.69, 9.17) is 18.5 Å². The number of phosphoric ester groups is 1. The van der Waals surface area contributed by atoms with Gasteiger partial charge in [0.2, 0.25) is 0 Å². The molecule has 0 rings (SSSR count). The predicted molar refractivity (Wildman–Crippen MR) is 233 cm³/mol. The molecule has 1 N–H and O–H groups in total. The van der Waals surface area contributed by atoms with Crippen LogP contribution in [0.3, 0.4) is 0 Å². The molecule has 0 saturated carbocycles. The number of carbonyl (C=O) groups is 1. The van der Waals surface area contributed by atoms with Crippen LogP contribution in [-0.2, 0) is 27.9 Å². The Labute approximate surface area is 339 Å². The Morgan fingerprint density at radius 2 is 1.05 bits per heavy atom. The molecule has 0 aromatic heterocycles. The molecule has 0 bridgehead atoms. The number of phosphoric acid groups is 1. The van der Waals surface area contributed by atoms with Crippen molar-refractivity contribution in [1.82, 2.24) is 0 Å². The van der Waals surface area contributed by atoms with Gasteiger partial charge in [-0.05, 0) is 51.4 Å². The van der Waals surface area contributed by atoms with E-state index in [1.165, 1.54) is 103 Å². The van der Waals surface area contributed by atoms with Gasteiger partial charge in [-0.15, -0.1) is 0 Å². The molecule has 0 aromatic carbocycles. The summed E-state index contributed by atoms with van der Waals surface area (Å²) >= 11 is 0. The largest absolute Gasteiger partial charge is 0.472 e. The van der Waals surface area contributed by atoms with E-state index in [0.717, 1.165) is 51.4 Å². The summed E-state index contributed by atoms with van der Waals surface area (Å²) < 4.78 is 35.0. The van der Waals surface area contributed by atoms with Crippen LogP contribution in [0, 0.1) is 0 Å². The van der Waals surface area contributed by atoms with Gasteiger partial charge in [0, 0.05) is 13.0 Å². The fourth-order valence-corrected chi connectivity index (χ4v) is 6.70. The number of hydrogen-bond acceptors (Lipinski definition) is 6. The van der Waals surface area contributed by atoms with E-state index in [-0.39, 0.29) is 32.2 Å². The summed E-state index contributed by atoms with van der Waals surface area (Å²) in [6, 6.07) is 0. The first kappa shape index (κ1) is 53.5. The molecule has 0 aliphatic carbocycles. The van der Waals surface area contributed by atoms with Crippen LogP contribution in [0.2, 0.25) is 0 Å². The molecule has 0 saturated heterocycles. The van der Waals surface area contributed by atoms with Crippen molar-refractivity contribution >= 4 is 13.8 Å². The quantitative estimate of drug-likeness (QED) is 0.0217. The van der Waals surface area contributed by atoms with E-state index >= 15 is 0 Å². The highest BCUT2D eigenvalue weighted by Gasteiger charge is 2.26. The topological polar surface area (TPSA) is 91.3 Å². The average Bonchev–Trinajstić information content (AvgIpc) is 3.13. The lowest BCUT2D eigenvalue weighted by molar-refractivity contribution is -0.870. The second kappa shape index (κ2) is 39.3. The van der Waals surface area contributed by atoms with Crippen LogP contribution in [0.25, 0.3) is 0 Å². The van der Waals surface area contributed by atoms with Gasteiger partial charge in [0.25, 0.3) is 0 Å². The number of quaternary nitrogens is 1. The van der Waals surface area contributed by atoms with E-state index in [0.29, 0.717) is 24.1 Å². The van der Waals surface area contributed by atoms with Gasteiger partial charge in [-0.25, -0.2) is 4.57 Å². The zero-order valence-corrected chi connectivity index (χ0v) is 37.3. The Hall–Kier alpha value is -1.54. The maximum atomic E-state index is 12.7. The minimum atomic E-state index is -4.28. The van der Waals surface area contributed by atoms with Crippen molar-refractivity contribution in [2.45, 2.75) is 187 Å². The van der Waals surface area contributed by atoms with E-state index in [1.807, 2.05) is 21.1 Å². The zero-order chi connectivity index (χ0) is 40.6.